The molecule has 1 aromatic carbocycles. The monoisotopic (exact) mass is 439 g/mol. The van der Waals surface area contributed by atoms with Crippen molar-refractivity contribution in [3.8, 4) is 0 Å². The maximum Gasteiger partial charge on any atom is 0.243 e. The molecule has 0 aromatic heterocycles. The fraction of sp³-hybridized carbons (Fsp3) is 0.667. The first-order valence-corrected chi connectivity index (χ1v) is 13.2. The minimum atomic E-state index is -3.48. The van der Waals surface area contributed by atoms with Crippen LogP contribution in [-0.4, -0.2) is 69.6 Å². The summed E-state index contributed by atoms with van der Waals surface area (Å²) in [7, 11) is -1.33. The largest absolute Gasteiger partial charge is 0.356 e. The first-order chi connectivity index (χ1) is 13.9. The summed E-state index contributed by atoms with van der Waals surface area (Å²) in [6.45, 7) is 3.82. The number of amides is 1. The highest BCUT2D eigenvalue weighted by molar-refractivity contribution is 7.98. The third-order valence-electron chi connectivity index (χ3n) is 6.21. The first-order valence-electron chi connectivity index (χ1n) is 10.5. The van der Waals surface area contributed by atoms with Crippen molar-refractivity contribution >= 4 is 27.7 Å². The van der Waals surface area contributed by atoms with Gasteiger partial charge in [0.2, 0.25) is 15.9 Å². The van der Waals surface area contributed by atoms with E-state index in [1.807, 2.05) is 18.4 Å². The number of carbonyl (C=O) groups excluding carboxylic acids is 1. The Morgan fingerprint density at radius 2 is 1.69 bits per heavy atom. The summed E-state index contributed by atoms with van der Waals surface area (Å²) in [4.78, 5) is 16.2. The predicted molar refractivity (Wildman–Crippen MR) is 118 cm³/mol. The van der Waals surface area contributed by atoms with Gasteiger partial charge in [0, 0.05) is 30.4 Å². The minimum absolute atomic E-state index is 0.0827. The van der Waals surface area contributed by atoms with Crippen LogP contribution in [0.25, 0.3) is 0 Å². The summed E-state index contributed by atoms with van der Waals surface area (Å²) >= 11 is 1.59. The fourth-order valence-corrected chi connectivity index (χ4v) is 6.03. The Morgan fingerprint density at radius 1 is 1.07 bits per heavy atom. The summed E-state index contributed by atoms with van der Waals surface area (Å²) in [5.74, 6) is 0.702. The van der Waals surface area contributed by atoms with E-state index in [-0.39, 0.29) is 11.8 Å². The second-order valence-electron chi connectivity index (χ2n) is 8.18. The number of benzene rings is 1. The van der Waals surface area contributed by atoms with E-state index in [0.29, 0.717) is 36.7 Å². The lowest BCUT2D eigenvalue weighted by Crippen LogP contribution is -2.43. The van der Waals surface area contributed by atoms with Gasteiger partial charge < -0.3 is 10.2 Å². The number of sulfonamides is 1. The molecule has 0 aliphatic carbocycles. The highest BCUT2D eigenvalue weighted by Crippen LogP contribution is 2.26. The summed E-state index contributed by atoms with van der Waals surface area (Å²) in [5.41, 5.74) is 0. The molecule has 3 rings (SSSR count). The van der Waals surface area contributed by atoms with Crippen LogP contribution < -0.4 is 5.32 Å². The van der Waals surface area contributed by atoms with Crippen molar-refractivity contribution in [1.29, 1.82) is 0 Å². The van der Waals surface area contributed by atoms with Gasteiger partial charge in [-0.2, -0.15) is 4.31 Å². The van der Waals surface area contributed by atoms with Gasteiger partial charge in [0.15, 0.2) is 0 Å². The van der Waals surface area contributed by atoms with Crippen molar-refractivity contribution in [2.24, 2.45) is 11.8 Å². The third-order valence-corrected chi connectivity index (χ3v) is 8.87. The van der Waals surface area contributed by atoms with Crippen LogP contribution in [0, 0.1) is 11.8 Å². The highest BCUT2D eigenvalue weighted by atomic mass is 32.2. The molecule has 0 spiro atoms. The van der Waals surface area contributed by atoms with E-state index in [2.05, 4.69) is 17.3 Å². The predicted octanol–water partition coefficient (Wildman–Crippen LogP) is 2.66. The van der Waals surface area contributed by atoms with Crippen LogP contribution in [-0.2, 0) is 14.8 Å². The van der Waals surface area contributed by atoms with Crippen LogP contribution in [0.5, 0.6) is 0 Å². The Labute approximate surface area is 179 Å². The van der Waals surface area contributed by atoms with Crippen molar-refractivity contribution in [3.63, 3.8) is 0 Å². The van der Waals surface area contributed by atoms with E-state index >= 15 is 0 Å². The number of thioether (sulfide) groups is 1. The Hall–Kier alpha value is -1.09. The molecule has 1 N–H and O–H groups in total. The van der Waals surface area contributed by atoms with Crippen LogP contribution in [0.4, 0.5) is 0 Å². The molecule has 0 atom stereocenters. The van der Waals surface area contributed by atoms with Gasteiger partial charge in [0.1, 0.15) is 0 Å². The number of likely N-dealkylation sites (tertiary alicyclic amines) is 1. The molecule has 2 heterocycles. The second-order valence-corrected chi connectivity index (χ2v) is 11.0. The summed E-state index contributed by atoms with van der Waals surface area (Å²) in [6, 6.07) is 7.01. The standard InChI is InChI=1S/C21H33N3O3S2/c1-23-13-8-17(9-14-23)7-12-22-21(25)18-10-15-24(16-11-18)29(26,27)20-5-3-19(28-2)4-6-20/h3-6,17-18H,7-16H2,1-2H3,(H,22,25). The van der Waals surface area contributed by atoms with E-state index < -0.39 is 10.0 Å². The zero-order valence-electron chi connectivity index (χ0n) is 17.5. The number of nitrogens with zero attached hydrogens (tertiary/aromatic N) is 2. The smallest absolute Gasteiger partial charge is 0.243 e. The Morgan fingerprint density at radius 3 is 2.28 bits per heavy atom. The van der Waals surface area contributed by atoms with E-state index in [9.17, 15) is 13.2 Å². The van der Waals surface area contributed by atoms with Gasteiger partial charge in [0.25, 0.3) is 0 Å². The molecule has 162 valence electrons. The van der Waals surface area contributed by atoms with Gasteiger partial charge >= 0.3 is 0 Å². The molecule has 0 radical (unpaired) electrons. The lowest BCUT2D eigenvalue weighted by atomic mass is 9.93. The molecule has 0 unspecified atom stereocenters. The number of hydrogen-bond donors (Lipinski definition) is 1. The Balaban J connectivity index is 1.43. The highest BCUT2D eigenvalue weighted by Gasteiger charge is 2.32. The maximum absolute atomic E-state index is 12.8. The van der Waals surface area contributed by atoms with Gasteiger partial charge in [-0.05, 0) is 88.7 Å². The van der Waals surface area contributed by atoms with Crippen LogP contribution in [0.2, 0.25) is 0 Å². The summed E-state index contributed by atoms with van der Waals surface area (Å²) in [5, 5.41) is 3.09. The zero-order chi connectivity index (χ0) is 20.9. The number of carbonyl (C=O) groups is 1. The van der Waals surface area contributed by atoms with E-state index in [0.717, 1.165) is 31.0 Å². The lowest BCUT2D eigenvalue weighted by molar-refractivity contribution is -0.126. The second kappa shape index (κ2) is 10.3. The molecule has 2 aliphatic rings. The normalized spacial score (nSPS) is 20.6. The van der Waals surface area contributed by atoms with Crippen LogP contribution >= 0.6 is 11.8 Å². The molecule has 29 heavy (non-hydrogen) atoms. The number of piperidine rings is 2. The van der Waals surface area contributed by atoms with Crippen molar-refractivity contribution in [1.82, 2.24) is 14.5 Å². The molecule has 8 heteroatoms. The quantitative estimate of drug-likeness (QED) is 0.662. The molecule has 1 aromatic rings. The Bertz CT molecular complexity index is 767. The third kappa shape index (κ3) is 5.96. The van der Waals surface area contributed by atoms with E-state index in [4.69, 9.17) is 0 Å². The molecule has 0 saturated carbocycles. The van der Waals surface area contributed by atoms with Crippen molar-refractivity contribution in [2.75, 3.05) is 46.0 Å². The summed E-state index contributed by atoms with van der Waals surface area (Å²) < 4.78 is 27.2. The lowest BCUT2D eigenvalue weighted by Gasteiger charge is -2.31. The zero-order valence-corrected chi connectivity index (χ0v) is 19.1. The molecule has 2 aliphatic heterocycles. The topological polar surface area (TPSA) is 69.7 Å². The first kappa shape index (κ1) is 22.6. The van der Waals surface area contributed by atoms with Crippen molar-refractivity contribution in [2.45, 2.75) is 41.9 Å². The molecular weight excluding hydrogens is 406 g/mol. The molecule has 0 bridgehead atoms. The molecule has 2 fully saturated rings. The average Bonchev–Trinajstić information content (AvgIpc) is 2.75. The SMILES string of the molecule is CSc1ccc(S(=O)(=O)N2CCC(C(=O)NCCC3CCN(C)CC3)CC2)cc1. The molecule has 1 amide bonds. The van der Waals surface area contributed by atoms with Crippen LogP contribution in [0.1, 0.15) is 32.1 Å². The van der Waals surface area contributed by atoms with Crippen molar-refractivity contribution in [3.05, 3.63) is 24.3 Å². The van der Waals surface area contributed by atoms with Gasteiger partial charge in [-0.3, -0.25) is 4.79 Å². The van der Waals surface area contributed by atoms with Crippen molar-refractivity contribution < 1.29 is 13.2 Å². The molecule has 2 saturated heterocycles. The van der Waals surface area contributed by atoms with Gasteiger partial charge in [-0.15, -0.1) is 11.8 Å². The number of nitrogens with one attached hydrogen (secondary N) is 1. The Kier molecular flexibility index (Phi) is 8.01. The van der Waals surface area contributed by atoms with Crippen LogP contribution in [0.3, 0.4) is 0 Å². The fourth-order valence-electron chi connectivity index (χ4n) is 4.15. The van der Waals surface area contributed by atoms with E-state index in [1.165, 1.54) is 17.1 Å². The van der Waals surface area contributed by atoms with Crippen LogP contribution in [0.15, 0.2) is 34.1 Å². The van der Waals surface area contributed by atoms with Gasteiger partial charge in [0.05, 0.1) is 4.90 Å². The summed E-state index contributed by atoms with van der Waals surface area (Å²) in [6.07, 6.45) is 6.59. The molecular formula is C21H33N3O3S2. The van der Waals surface area contributed by atoms with E-state index in [1.54, 1.807) is 23.9 Å². The number of rotatable bonds is 7. The minimum Gasteiger partial charge on any atom is -0.356 e. The van der Waals surface area contributed by atoms with Gasteiger partial charge in [-0.25, -0.2) is 8.42 Å². The maximum atomic E-state index is 12.8. The van der Waals surface area contributed by atoms with Gasteiger partial charge in [-0.1, -0.05) is 0 Å². The average molecular weight is 440 g/mol. The number of hydrogen-bond acceptors (Lipinski definition) is 5. The molecule has 6 nitrogen and oxygen atoms in total.